The zero-order valence-electron chi connectivity index (χ0n) is 11.3. The summed E-state index contributed by atoms with van der Waals surface area (Å²) in [6.45, 7) is 2.55. The van der Waals surface area contributed by atoms with Crippen molar-refractivity contribution in [2.24, 2.45) is 5.73 Å². The van der Waals surface area contributed by atoms with Gasteiger partial charge < -0.3 is 10.6 Å². The van der Waals surface area contributed by atoms with Crippen LogP contribution in [0.15, 0.2) is 48.5 Å². The molecule has 0 amide bonds. The van der Waals surface area contributed by atoms with Crippen molar-refractivity contribution in [3.63, 3.8) is 0 Å². The van der Waals surface area contributed by atoms with E-state index in [1.54, 1.807) is 6.07 Å². The van der Waals surface area contributed by atoms with Gasteiger partial charge in [0.15, 0.2) is 0 Å². The lowest BCUT2D eigenvalue weighted by Gasteiger charge is -2.30. The van der Waals surface area contributed by atoms with Crippen LogP contribution >= 0.6 is 0 Å². The Morgan fingerprint density at radius 3 is 2.53 bits per heavy atom. The number of hydrogen-bond donors (Lipinski definition) is 1. The molecule has 0 saturated carbocycles. The van der Waals surface area contributed by atoms with Crippen LogP contribution in [0.5, 0.6) is 0 Å². The van der Waals surface area contributed by atoms with Gasteiger partial charge in [-0.1, -0.05) is 30.3 Å². The standard InChI is InChI=1S/C16H19FN2/c1-12-6-3-4-9-15(12)16(11-18)19(2)14-8-5-7-13(17)10-14/h3-10,16H,11,18H2,1-2H3. The average Bonchev–Trinajstić information content (AvgIpc) is 2.41. The highest BCUT2D eigenvalue weighted by Crippen LogP contribution is 2.27. The van der Waals surface area contributed by atoms with Gasteiger partial charge in [0.2, 0.25) is 0 Å². The Bertz CT molecular complexity index is 554. The summed E-state index contributed by atoms with van der Waals surface area (Å²) in [4.78, 5) is 2.02. The van der Waals surface area contributed by atoms with E-state index in [0.717, 1.165) is 5.69 Å². The van der Waals surface area contributed by atoms with Crippen molar-refractivity contribution in [3.05, 3.63) is 65.5 Å². The second kappa shape index (κ2) is 5.85. The fourth-order valence-electron chi connectivity index (χ4n) is 2.33. The number of benzene rings is 2. The minimum Gasteiger partial charge on any atom is -0.366 e. The number of nitrogens with zero attached hydrogens (tertiary/aromatic N) is 1. The van der Waals surface area contributed by atoms with Crippen molar-refractivity contribution < 1.29 is 4.39 Å². The Morgan fingerprint density at radius 1 is 1.16 bits per heavy atom. The van der Waals surface area contributed by atoms with Gasteiger partial charge >= 0.3 is 0 Å². The van der Waals surface area contributed by atoms with Crippen LogP contribution in [0.25, 0.3) is 0 Å². The molecule has 3 heteroatoms. The lowest BCUT2D eigenvalue weighted by atomic mass is 10.00. The van der Waals surface area contributed by atoms with E-state index in [1.165, 1.54) is 23.3 Å². The fourth-order valence-corrected chi connectivity index (χ4v) is 2.33. The third-order valence-corrected chi connectivity index (χ3v) is 3.45. The molecule has 0 aromatic heterocycles. The van der Waals surface area contributed by atoms with Gasteiger partial charge in [0.25, 0.3) is 0 Å². The van der Waals surface area contributed by atoms with Gasteiger partial charge in [-0.3, -0.25) is 0 Å². The number of hydrogen-bond acceptors (Lipinski definition) is 2. The molecule has 2 nitrogen and oxygen atoms in total. The molecule has 2 rings (SSSR count). The van der Waals surface area contributed by atoms with Crippen molar-refractivity contribution in [1.82, 2.24) is 0 Å². The first-order chi connectivity index (χ1) is 9.13. The van der Waals surface area contributed by atoms with Crippen LogP contribution in [0.1, 0.15) is 17.2 Å². The van der Waals surface area contributed by atoms with E-state index in [0.29, 0.717) is 6.54 Å². The zero-order valence-corrected chi connectivity index (χ0v) is 11.3. The van der Waals surface area contributed by atoms with Crippen LogP contribution in [-0.2, 0) is 0 Å². The topological polar surface area (TPSA) is 29.3 Å². The summed E-state index contributed by atoms with van der Waals surface area (Å²) < 4.78 is 13.3. The summed E-state index contributed by atoms with van der Waals surface area (Å²) in [5.41, 5.74) is 9.12. The van der Waals surface area contributed by atoms with Crippen molar-refractivity contribution in [2.45, 2.75) is 13.0 Å². The van der Waals surface area contributed by atoms with E-state index in [-0.39, 0.29) is 11.9 Å². The maximum absolute atomic E-state index is 13.3. The van der Waals surface area contributed by atoms with E-state index >= 15 is 0 Å². The van der Waals surface area contributed by atoms with Gasteiger partial charge in [0, 0.05) is 19.3 Å². The number of nitrogens with two attached hydrogens (primary N) is 1. The molecular weight excluding hydrogens is 239 g/mol. The monoisotopic (exact) mass is 258 g/mol. The predicted octanol–water partition coefficient (Wildman–Crippen LogP) is 3.27. The van der Waals surface area contributed by atoms with Crippen molar-refractivity contribution in [2.75, 3.05) is 18.5 Å². The molecule has 2 aromatic rings. The summed E-state index contributed by atoms with van der Waals surface area (Å²) in [6, 6.07) is 14.8. The molecular formula is C16H19FN2. The molecule has 19 heavy (non-hydrogen) atoms. The van der Waals surface area contributed by atoms with Gasteiger partial charge in [-0.05, 0) is 36.2 Å². The van der Waals surface area contributed by atoms with Crippen LogP contribution < -0.4 is 10.6 Å². The smallest absolute Gasteiger partial charge is 0.125 e. The van der Waals surface area contributed by atoms with Crippen LogP contribution in [0, 0.1) is 12.7 Å². The third kappa shape index (κ3) is 2.93. The molecule has 0 spiro atoms. The normalized spacial score (nSPS) is 12.2. The minimum absolute atomic E-state index is 0.0444. The van der Waals surface area contributed by atoms with Crippen molar-refractivity contribution >= 4 is 5.69 Å². The molecule has 2 N–H and O–H groups in total. The summed E-state index contributed by atoms with van der Waals surface area (Å²) in [5.74, 6) is -0.232. The Balaban J connectivity index is 2.35. The SMILES string of the molecule is Cc1ccccc1C(CN)N(C)c1cccc(F)c1. The highest BCUT2D eigenvalue weighted by Gasteiger charge is 2.17. The van der Waals surface area contributed by atoms with Gasteiger partial charge in [0.05, 0.1) is 6.04 Å². The minimum atomic E-state index is -0.232. The van der Waals surface area contributed by atoms with E-state index in [2.05, 4.69) is 19.1 Å². The number of aryl methyl sites for hydroxylation is 1. The molecule has 1 unspecified atom stereocenters. The molecule has 0 aliphatic heterocycles. The summed E-state index contributed by atoms with van der Waals surface area (Å²) in [6.07, 6.45) is 0. The van der Waals surface area contributed by atoms with Crippen LogP contribution in [0.3, 0.4) is 0 Å². The summed E-state index contributed by atoms with van der Waals surface area (Å²) >= 11 is 0. The molecule has 1 atom stereocenters. The molecule has 100 valence electrons. The molecule has 0 radical (unpaired) electrons. The van der Waals surface area contributed by atoms with Gasteiger partial charge in [-0.2, -0.15) is 0 Å². The Morgan fingerprint density at radius 2 is 1.89 bits per heavy atom. The highest BCUT2D eigenvalue weighted by molar-refractivity contribution is 5.49. The van der Waals surface area contributed by atoms with E-state index in [9.17, 15) is 4.39 Å². The maximum Gasteiger partial charge on any atom is 0.125 e. The van der Waals surface area contributed by atoms with Crippen LogP contribution in [-0.4, -0.2) is 13.6 Å². The van der Waals surface area contributed by atoms with E-state index in [1.807, 2.05) is 30.1 Å². The first-order valence-corrected chi connectivity index (χ1v) is 6.37. The molecule has 0 heterocycles. The first-order valence-electron chi connectivity index (χ1n) is 6.37. The number of likely N-dealkylation sites (N-methyl/N-ethyl adjacent to an activating group) is 1. The van der Waals surface area contributed by atoms with Crippen LogP contribution in [0.4, 0.5) is 10.1 Å². The lowest BCUT2D eigenvalue weighted by molar-refractivity contribution is 0.623. The summed E-state index contributed by atoms with van der Waals surface area (Å²) in [7, 11) is 1.94. The zero-order chi connectivity index (χ0) is 13.8. The summed E-state index contributed by atoms with van der Waals surface area (Å²) in [5, 5.41) is 0. The largest absolute Gasteiger partial charge is 0.366 e. The Labute approximate surface area is 113 Å². The third-order valence-electron chi connectivity index (χ3n) is 3.45. The highest BCUT2D eigenvalue weighted by atomic mass is 19.1. The lowest BCUT2D eigenvalue weighted by Crippen LogP contribution is -2.31. The van der Waals surface area contributed by atoms with Crippen molar-refractivity contribution in [1.29, 1.82) is 0 Å². The van der Waals surface area contributed by atoms with E-state index < -0.39 is 0 Å². The number of halogens is 1. The fraction of sp³-hybridized carbons (Fsp3) is 0.250. The molecule has 0 saturated heterocycles. The molecule has 0 bridgehead atoms. The van der Waals surface area contributed by atoms with Crippen LogP contribution in [0.2, 0.25) is 0 Å². The predicted molar refractivity (Wildman–Crippen MR) is 77.8 cm³/mol. The Hall–Kier alpha value is -1.87. The van der Waals surface area contributed by atoms with E-state index in [4.69, 9.17) is 5.73 Å². The maximum atomic E-state index is 13.3. The Kier molecular flexibility index (Phi) is 4.17. The molecule has 2 aromatic carbocycles. The average molecular weight is 258 g/mol. The molecule has 0 aliphatic carbocycles. The number of anilines is 1. The van der Waals surface area contributed by atoms with Gasteiger partial charge in [0.1, 0.15) is 5.82 Å². The van der Waals surface area contributed by atoms with Crippen molar-refractivity contribution in [3.8, 4) is 0 Å². The number of rotatable bonds is 4. The molecule has 0 aliphatic rings. The quantitative estimate of drug-likeness (QED) is 0.912. The second-order valence-electron chi connectivity index (χ2n) is 4.70. The first kappa shape index (κ1) is 13.6. The second-order valence-corrected chi connectivity index (χ2v) is 4.70. The molecule has 0 fully saturated rings. The van der Waals surface area contributed by atoms with Gasteiger partial charge in [-0.15, -0.1) is 0 Å². The van der Waals surface area contributed by atoms with Gasteiger partial charge in [-0.25, -0.2) is 4.39 Å².